The first-order valence-corrected chi connectivity index (χ1v) is 4.53. The normalized spacial score (nSPS) is 17.6. The highest BCUT2D eigenvalue weighted by molar-refractivity contribution is 5.77. The van der Waals surface area contributed by atoms with Crippen LogP contribution in [0.2, 0.25) is 0 Å². The Morgan fingerprint density at radius 3 is 2.58 bits per heavy atom. The average molecular weight is 170 g/mol. The van der Waals surface area contributed by atoms with Gasteiger partial charge < -0.3 is 11.1 Å². The lowest BCUT2D eigenvalue weighted by Gasteiger charge is -2.17. The number of carbonyl (C=O) groups is 1. The second-order valence-corrected chi connectivity index (χ2v) is 4.41. The molecule has 1 aliphatic rings. The molecule has 3 heteroatoms. The van der Waals surface area contributed by atoms with Crippen LogP contribution in [0, 0.1) is 5.92 Å². The molecule has 0 bridgehead atoms. The van der Waals surface area contributed by atoms with Crippen molar-refractivity contribution in [2.45, 2.75) is 38.6 Å². The number of hydrogen-bond donors (Lipinski definition) is 2. The summed E-state index contributed by atoms with van der Waals surface area (Å²) in [6.07, 6.45) is 2.96. The number of carbonyl (C=O) groups excluding carboxylic acids is 1. The standard InChI is InChI=1S/C9H18N2O/c1-9(2,10)5-8(12)11-6-7-3-4-7/h7H,3-6,10H2,1-2H3,(H,11,12). The predicted octanol–water partition coefficient (Wildman–Crippen LogP) is 0.640. The van der Waals surface area contributed by atoms with E-state index in [1.54, 1.807) is 0 Å². The molecule has 0 aromatic carbocycles. The number of amides is 1. The molecule has 1 fully saturated rings. The van der Waals surface area contributed by atoms with Gasteiger partial charge in [0.05, 0.1) is 0 Å². The molecule has 1 amide bonds. The Balaban J connectivity index is 2.10. The van der Waals surface area contributed by atoms with Gasteiger partial charge in [0.1, 0.15) is 0 Å². The highest BCUT2D eigenvalue weighted by atomic mass is 16.1. The van der Waals surface area contributed by atoms with Gasteiger partial charge in [0.15, 0.2) is 0 Å². The highest BCUT2D eigenvalue weighted by Crippen LogP contribution is 2.27. The molecule has 70 valence electrons. The lowest BCUT2D eigenvalue weighted by Crippen LogP contribution is -2.39. The van der Waals surface area contributed by atoms with Crippen LogP contribution in [0.4, 0.5) is 0 Å². The fraction of sp³-hybridized carbons (Fsp3) is 0.889. The zero-order valence-corrected chi connectivity index (χ0v) is 7.89. The second-order valence-electron chi connectivity index (χ2n) is 4.41. The summed E-state index contributed by atoms with van der Waals surface area (Å²) in [7, 11) is 0. The van der Waals surface area contributed by atoms with E-state index >= 15 is 0 Å². The minimum Gasteiger partial charge on any atom is -0.356 e. The molecule has 3 nitrogen and oxygen atoms in total. The van der Waals surface area contributed by atoms with Crippen LogP contribution >= 0.6 is 0 Å². The van der Waals surface area contributed by atoms with Gasteiger partial charge in [0, 0.05) is 18.5 Å². The summed E-state index contributed by atoms with van der Waals surface area (Å²) in [5.41, 5.74) is 5.32. The molecule has 1 saturated carbocycles. The van der Waals surface area contributed by atoms with Gasteiger partial charge in [-0.25, -0.2) is 0 Å². The Bertz CT molecular complexity index is 168. The molecule has 3 N–H and O–H groups in total. The molecule has 0 heterocycles. The fourth-order valence-corrected chi connectivity index (χ4v) is 1.06. The first-order valence-electron chi connectivity index (χ1n) is 4.53. The van der Waals surface area contributed by atoms with Crippen molar-refractivity contribution in [3.63, 3.8) is 0 Å². The van der Waals surface area contributed by atoms with E-state index in [0.29, 0.717) is 6.42 Å². The maximum atomic E-state index is 11.2. The van der Waals surface area contributed by atoms with Crippen molar-refractivity contribution in [3.8, 4) is 0 Å². The van der Waals surface area contributed by atoms with Gasteiger partial charge in [-0.05, 0) is 32.6 Å². The maximum absolute atomic E-state index is 11.2. The van der Waals surface area contributed by atoms with E-state index in [-0.39, 0.29) is 11.4 Å². The molecule has 0 saturated heterocycles. The van der Waals surface area contributed by atoms with Crippen LogP contribution in [0.5, 0.6) is 0 Å². The summed E-state index contributed by atoms with van der Waals surface area (Å²) in [5, 5.41) is 2.88. The van der Waals surface area contributed by atoms with Gasteiger partial charge >= 0.3 is 0 Å². The van der Waals surface area contributed by atoms with Crippen LogP contribution in [0.25, 0.3) is 0 Å². The zero-order valence-electron chi connectivity index (χ0n) is 7.89. The van der Waals surface area contributed by atoms with Crippen LogP contribution in [0.15, 0.2) is 0 Å². The Morgan fingerprint density at radius 2 is 2.17 bits per heavy atom. The van der Waals surface area contributed by atoms with Gasteiger partial charge in [-0.15, -0.1) is 0 Å². The van der Waals surface area contributed by atoms with E-state index in [4.69, 9.17) is 5.73 Å². The second kappa shape index (κ2) is 3.44. The average Bonchev–Trinajstić information content (AvgIpc) is 2.61. The van der Waals surface area contributed by atoms with Crippen molar-refractivity contribution in [2.75, 3.05) is 6.54 Å². The molecule has 1 aliphatic carbocycles. The Labute approximate surface area is 73.7 Å². The smallest absolute Gasteiger partial charge is 0.221 e. The van der Waals surface area contributed by atoms with Crippen LogP contribution in [-0.4, -0.2) is 18.0 Å². The largest absolute Gasteiger partial charge is 0.356 e. The number of hydrogen-bond acceptors (Lipinski definition) is 2. The Kier molecular flexibility index (Phi) is 2.73. The van der Waals surface area contributed by atoms with Gasteiger partial charge in [0.25, 0.3) is 0 Å². The monoisotopic (exact) mass is 170 g/mol. The summed E-state index contributed by atoms with van der Waals surface area (Å²) in [4.78, 5) is 11.2. The predicted molar refractivity (Wildman–Crippen MR) is 48.6 cm³/mol. The van der Waals surface area contributed by atoms with Gasteiger partial charge in [-0.2, -0.15) is 0 Å². The van der Waals surface area contributed by atoms with Crippen molar-refractivity contribution in [1.29, 1.82) is 0 Å². The van der Waals surface area contributed by atoms with Crippen molar-refractivity contribution >= 4 is 5.91 Å². The minimum atomic E-state index is -0.381. The molecule has 0 spiro atoms. The van der Waals surface area contributed by atoms with Crippen molar-refractivity contribution in [2.24, 2.45) is 11.7 Å². The van der Waals surface area contributed by atoms with Gasteiger partial charge in [-0.3, -0.25) is 4.79 Å². The van der Waals surface area contributed by atoms with Gasteiger partial charge in [0.2, 0.25) is 5.91 Å². The van der Waals surface area contributed by atoms with E-state index in [1.807, 2.05) is 13.8 Å². The van der Waals surface area contributed by atoms with Crippen LogP contribution in [-0.2, 0) is 4.79 Å². The summed E-state index contributed by atoms with van der Waals surface area (Å²) in [6.45, 7) is 4.57. The number of rotatable bonds is 4. The fourth-order valence-electron chi connectivity index (χ4n) is 1.06. The number of nitrogens with two attached hydrogens (primary N) is 1. The Morgan fingerprint density at radius 1 is 1.58 bits per heavy atom. The van der Waals surface area contributed by atoms with E-state index in [0.717, 1.165) is 12.5 Å². The third-order valence-corrected chi connectivity index (χ3v) is 1.90. The first-order chi connectivity index (χ1) is 5.47. The third-order valence-electron chi connectivity index (χ3n) is 1.90. The molecule has 0 aromatic rings. The first kappa shape index (κ1) is 9.52. The van der Waals surface area contributed by atoms with E-state index in [2.05, 4.69) is 5.32 Å². The molecule has 0 unspecified atom stereocenters. The third kappa shape index (κ3) is 4.34. The molecular formula is C9H18N2O. The lowest BCUT2D eigenvalue weighted by atomic mass is 10.0. The quantitative estimate of drug-likeness (QED) is 0.650. The van der Waals surface area contributed by atoms with Crippen LogP contribution in [0.3, 0.4) is 0 Å². The number of nitrogens with one attached hydrogen (secondary N) is 1. The van der Waals surface area contributed by atoms with E-state index < -0.39 is 0 Å². The summed E-state index contributed by atoms with van der Waals surface area (Å²) in [5.74, 6) is 0.823. The molecule has 0 atom stereocenters. The SMILES string of the molecule is CC(C)(N)CC(=O)NCC1CC1. The van der Waals surface area contributed by atoms with Crippen molar-refractivity contribution < 1.29 is 4.79 Å². The van der Waals surface area contributed by atoms with E-state index in [9.17, 15) is 4.79 Å². The van der Waals surface area contributed by atoms with Gasteiger partial charge in [-0.1, -0.05) is 0 Å². The molecule has 12 heavy (non-hydrogen) atoms. The minimum absolute atomic E-state index is 0.0781. The summed E-state index contributed by atoms with van der Waals surface area (Å²) < 4.78 is 0. The van der Waals surface area contributed by atoms with Crippen molar-refractivity contribution in [3.05, 3.63) is 0 Å². The summed E-state index contributed by atoms with van der Waals surface area (Å²) in [6, 6.07) is 0. The topological polar surface area (TPSA) is 55.1 Å². The van der Waals surface area contributed by atoms with Crippen LogP contribution < -0.4 is 11.1 Å². The molecule has 0 aliphatic heterocycles. The lowest BCUT2D eigenvalue weighted by molar-refractivity contribution is -0.122. The Hall–Kier alpha value is -0.570. The molecule has 0 radical (unpaired) electrons. The highest BCUT2D eigenvalue weighted by Gasteiger charge is 2.23. The summed E-state index contributed by atoms with van der Waals surface area (Å²) >= 11 is 0. The zero-order chi connectivity index (χ0) is 9.19. The molecule has 0 aromatic heterocycles. The molecule has 1 rings (SSSR count). The van der Waals surface area contributed by atoms with E-state index in [1.165, 1.54) is 12.8 Å². The molecular weight excluding hydrogens is 152 g/mol. The van der Waals surface area contributed by atoms with Crippen molar-refractivity contribution in [1.82, 2.24) is 5.32 Å². The maximum Gasteiger partial charge on any atom is 0.221 e. The van der Waals surface area contributed by atoms with Crippen LogP contribution in [0.1, 0.15) is 33.1 Å².